The predicted molar refractivity (Wildman–Crippen MR) is 84.0 cm³/mol. The molecule has 1 heterocycles. The molecule has 0 radical (unpaired) electrons. The normalized spacial score (nSPS) is 18.6. The lowest BCUT2D eigenvalue weighted by molar-refractivity contribution is -0.133. The molecule has 0 spiro atoms. The maximum absolute atomic E-state index is 12.3. The number of nitrogens with zero attached hydrogens (tertiary/aromatic N) is 1. The minimum atomic E-state index is -0.316. The molecule has 3 rings (SSSR count). The van der Waals surface area contributed by atoms with Crippen LogP contribution in [0.3, 0.4) is 0 Å². The van der Waals surface area contributed by atoms with Gasteiger partial charge in [0.25, 0.3) is 0 Å². The minimum Gasteiger partial charge on any atom is -0.423 e. The molecule has 1 aliphatic heterocycles. The van der Waals surface area contributed by atoms with E-state index in [1.165, 1.54) is 19.3 Å². The van der Waals surface area contributed by atoms with Gasteiger partial charge in [-0.1, -0.05) is 25.3 Å². The van der Waals surface area contributed by atoms with Gasteiger partial charge in [0.05, 0.1) is 12.2 Å². The molecule has 22 heavy (non-hydrogen) atoms. The number of carbonyl (C=O) groups is 2. The van der Waals surface area contributed by atoms with Crippen LogP contribution in [0.2, 0.25) is 0 Å². The second-order valence-electron chi connectivity index (χ2n) is 6.20. The van der Waals surface area contributed by atoms with Gasteiger partial charge in [0.15, 0.2) is 5.75 Å². The van der Waals surface area contributed by atoms with Gasteiger partial charge in [0.1, 0.15) is 6.54 Å². The van der Waals surface area contributed by atoms with E-state index in [1.54, 1.807) is 4.90 Å². The highest BCUT2D eigenvalue weighted by atomic mass is 16.5. The highest BCUT2D eigenvalue weighted by Crippen LogP contribution is 2.32. The Morgan fingerprint density at radius 2 is 2.09 bits per heavy atom. The quantitative estimate of drug-likeness (QED) is 0.687. The summed E-state index contributed by atoms with van der Waals surface area (Å²) >= 11 is 0. The van der Waals surface area contributed by atoms with Gasteiger partial charge < -0.3 is 15.0 Å². The third-order valence-corrected chi connectivity index (χ3v) is 4.30. The van der Waals surface area contributed by atoms with Gasteiger partial charge >= 0.3 is 5.97 Å². The zero-order chi connectivity index (χ0) is 15.5. The summed E-state index contributed by atoms with van der Waals surface area (Å²) in [5, 5.41) is 3.09. The topological polar surface area (TPSA) is 58.6 Å². The highest BCUT2D eigenvalue weighted by molar-refractivity contribution is 5.89. The largest absolute Gasteiger partial charge is 0.423 e. The molecule has 1 amide bonds. The number of aryl methyl sites for hydroxylation is 1. The summed E-state index contributed by atoms with van der Waals surface area (Å²) in [5.74, 6) is 0.207. The third-order valence-electron chi connectivity index (χ3n) is 4.30. The number of amides is 1. The van der Waals surface area contributed by atoms with E-state index in [2.05, 4.69) is 5.32 Å². The molecule has 0 bridgehead atoms. The molecule has 1 aromatic rings. The van der Waals surface area contributed by atoms with E-state index >= 15 is 0 Å². The molecular weight excluding hydrogens is 280 g/mol. The smallest absolute Gasteiger partial charge is 0.331 e. The number of benzene rings is 1. The average Bonchev–Trinajstić information content (AvgIpc) is 2.47. The first-order valence-corrected chi connectivity index (χ1v) is 7.97. The van der Waals surface area contributed by atoms with Crippen LogP contribution in [0.15, 0.2) is 18.2 Å². The first kappa shape index (κ1) is 14.9. The van der Waals surface area contributed by atoms with Gasteiger partial charge in [0, 0.05) is 6.04 Å². The maximum atomic E-state index is 12.3. The fourth-order valence-electron chi connectivity index (χ4n) is 3.19. The fourth-order valence-corrected chi connectivity index (χ4v) is 3.19. The number of hydrogen-bond donors (Lipinski definition) is 1. The number of anilines is 1. The van der Waals surface area contributed by atoms with Crippen molar-refractivity contribution in [3.05, 3.63) is 23.8 Å². The number of carbonyl (C=O) groups excluding carboxylic acids is 2. The number of esters is 1. The molecule has 0 saturated heterocycles. The number of hydrogen-bond acceptors (Lipinski definition) is 4. The summed E-state index contributed by atoms with van der Waals surface area (Å²) in [5.41, 5.74) is 1.84. The lowest BCUT2D eigenvalue weighted by atomic mass is 9.95. The van der Waals surface area contributed by atoms with Crippen molar-refractivity contribution in [1.29, 1.82) is 0 Å². The van der Waals surface area contributed by atoms with Crippen molar-refractivity contribution in [2.24, 2.45) is 0 Å². The van der Waals surface area contributed by atoms with Crippen molar-refractivity contribution < 1.29 is 14.3 Å². The van der Waals surface area contributed by atoms with Crippen molar-refractivity contribution in [3.8, 4) is 5.75 Å². The van der Waals surface area contributed by atoms with Crippen LogP contribution in [0.25, 0.3) is 0 Å². The second kappa shape index (κ2) is 6.38. The standard InChI is InChI=1S/C17H22N2O3/c1-12-7-8-14-15(9-12)22-17(21)11-19(14)10-16(20)18-13-5-3-2-4-6-13/h7-9,13H,2-6,10-11H2,1H3,(H,18,20). The summed E-state index contributed by atoms with van der Waals surface area (Å²) in [4.78, 5) is 25.8. The first-order chi connectivity index (χ1) is 10.6. The van der Waals surface area contributed by atoms with E-state index in [0.29, 0.717) is 5.75 Å². The predicted octanol–water partition coefficient (Wildman–Crippen LogP) is 2.17. The molecule has 5 nitrogen and oxygen atoms in total. The number of nitrogens with one attached hydrogen (secondary N) is 1. The molecule has 1 N–H and O–H groups in total. The van der Waals surface area contributed by atoms with Gasteiger partial charge in [-0.15, -0.1) is 0 Å². The van der Waals surface area contributed by atoms with Crippen LogP contribution in [0.4, 0.5) is 5.69 Å². The van der Waals surface area contributed by atoms with Crippen molar-refractivity contribution in [1.82, 2.24) is 5.32 Å². The van der Waals surface area contributed by atoms with Crippen LogP contribution >= 0.6 is 0 Å². The van der Waals surface area contributed by atoms with E-state index in [-0.39, 0.29) is 31.0 Å². The van der Waals surface area contributed by atoms with Crippen molar-refractivity contribution in [3.63, 3.8) is 0 Å². The minimum absolute atomic E-state index is 0.0203. The summed E-state index contributed by atoms with van der Waals surface area (Å²) in [7, 11) is 0. The number of ether oxygens (including phenoxy) is 1. The van der Waals surface area contributed by atoms with Crippen molar-refractivity contribution in [2.75, 3.05) is 18.0 Å². The van der Waals surface area contributed by atoms with Crippen LogP contribution in [-0.2, 0) is 9.59 Å². The highest BCUT2D eigenvalue weighted by Gasteiger charge is 2.26. The van der Waals surface area contributed by atoms with Gasteiger partial charge in [-0.2, -0.15) is 0 Å². The van der Waals surface area contributed by atoms with Gasteiger partial charge in [0.2, 0.25) is 5.91 Å². The number of fused-ring (bicyclic) bond motifs is 1. The molecule has 0 unspecified atom stereocenters. The Morgan fingerprint density at radius 3 is 2.86 bits per heavy atom. The average molecular weight is 302 g/mol. The third kappa shape index (κ3) is 3.40. The Labute approximate surface area is 130 Å². The zero-order valence-corrected chi connectivity index (χ0v) is 12.9. The SMILES string of the molecule is Cc1ccc2c(c1)OC(=O)CN2CC(=O)NC1CCCCC1. The van der Waals surface area contributed by atoms with E-state index in [4.69, 9.17) is 4.74 Å². The summed E-state index contributed by atoms with van der Waals surface area (Å²) < 4.78 is 5.26. The second-order valence-corrected chi connectivity index (χ2v) is 6.20. The van der Waals surface area contributed by atoms with E-state index < -0.39 is 0 Å². The Balaban J connectivity index is 1.67. The van der Waals surface area contributed by atoms with Crippen LogP contribution in [0.1, 0.15) is 37.7 Å². The first-order valence-electron chi connectivity index (χ1n) is 7.97. The zero-order valence-electron chi connectivity index (χ0n) is 12.9. The maximum Gasteiger partial charge on any atom is 0.331 e. The summed E-state index contributed by atoms with van der Waals surface area (Å²) in [6.07, 6.45) is 5.75. The Kier molecular flexibility index (Phi) is 4.32. The van der Waals surface area contributed by atoms with Crippen molar-refractivity contribution in [2.45, 2.75) is 45.1 Å². The summed E-state index contributed by atoms with van der Waals surface area (Å²) in [6.45, 7) is 2.26. The Hall–Kier alpha value is -2.04. The molecule has 1 saturated carbocycles. The lowest BCUT2D eigenvalue weighted by Crippen LogP contribution is -2.46. The van der Waals surface area contributed by atoms with Crippen LogP contribution < -0.4 is 15.0 Å². The van der Waals surface area contributed by atoms with Crippen LogP contribution in [-0.4, -0.2) is 31.0 Å². The molecule has 0 aromatic heterocycles. The Morgan fingerprint density at radius 1 is 1.32 bits per heavy atom. The monoisotopic (exact) mass is 302 g/mol. The summed E-state index contributed by atoms with van der Waals surface area (Å²) in [6, 6.07) is 5.99. The molecule has 118 valence electrons. The van der Waals surface area contributed by atoms with Crippen molar-refractivity contribution >= 4 is 17.6 Å². The molecule has 1 aliphatic carbocycles. The molecule has 0 atom stereocenters. The van der Waals surface area contributed by atoms with Gasteiger partial charge in [-0.3, -0.25) is 4.79 Å². The van der Waals surface area contributed by atoms with E-state index in [9.17, 15) is 9.59 Å². The molecule has 5 heteroatoms. The lowest BCUT2D eigenvalue weighted by Gasteiger charge is -2.30. The number of rotatable bonds is 3. The Bertz CT molecular complexity index is 579. The molecule has 1 fully saturated rings. The van der Waals surface area contributed by atoms with E-state index in [1.807, 2.05) is 25.1 Å². The van der Waals surface area contributed by atoms with E-state index in [0.717, 1.165) is 24.1 Å². The molecule has 1 aromatic carbocycles. The fraction of sp³-hybridized carbons (Fsp3) is 0.529. The van der Waals surface area contributed by atoms with Gasteiger partial charge in [-0.05, 0) is 37.5 Å². The molecule has 2 aliphatic rings. The molecular formula is C17H22N2O3. The van der Waals surface area contributed by atoms with Crippen LogP contribution in [0, 0.1) is 6.92 Å². The van der Waals surface area contributed by atoms with Gasteiger partial charge in [-0.25, -0.2) is 4.79 Å². The van der Waals surface area contributed by atoms with Crippen LogP contribution in [0.5, 0.6) is 5.75 Å².